The molecule has 1 aliphatic rings. The molecule has 0 spiro atoms. The average Bonchev–Trinajstić information content (AvgIpc) is 2.45. The van der Waals surface area contributed by atoms with Gasteiger partial charge in [0.05, 0.1) is 24.0 Å². The molecule has 0 unspecified atom stereocenters. The number of aliphatic hydroxyl groups excluding tert-OH is 1. The van der Waals surface area contributed by atoms with Crippen LogP contribution in [0.3, 0.4) is 0 Å². The van der Waals surface area contributed by atoms with Crippen molar-refractivity contribution in [3.05, 3.63) is 11.9 Å². The third kappa shape index (κ3) is 1.78. The molecular weight excluding hydrogens is 180 g/mol. The summed E-state index contributed by atoms with van der Waals surface area (Å²) in [5.41, 5.74) is 6.71. The lowest BCUT2D eigenvalue weighted by Gasteiger charge is -2.33. The lowest BCUT2D eigenvalue weighted by atomic mass is 9.87. The largest absolute Gasteiger partial charge is 0.393 e. The van der Waals surface area contributed by atoms with Gasteiger partial charge in [0.2, 0.25) is 0 Å². The fraction of sp³-hybridized carbons (Fsp3) is 0.778. The minimum absolute atomic E-state index is 0.309. The molecule has 1 fully saturated rings. The van der Waals surface area contributed by atoms with Crippen molar-refractivity contribution in [2.24, 2.45) is 5.73 Å². The van der Waals surface area contributed by atoms with E-state index in [4.69, 9.17) is 5.73 Å². The summed E-state index contributed by atoms with van der Waals surface area (Å²) in [6.45, 7) is 1.77. The van der Waals surface area contributed by atoms with E-state index in [0.29, 0.717) is 18.5 Å². The Morgan fingerprint density at radius 2 is 2.43 bits per heavy atom. The lowest BCUT2D eigenvalue weighted by molar-refractivity contribution is 0.184. The van der Waals surface area contributed by atoms with Crippen molar-refractivity contribution in [1.29, 1.82) is 0 Å². The van der Waals surface area contributed by atoms with E-state index in [1.807, 2.05) is 4.68 Å². The van der Waals surface area contributed by atoms with Gasteiger partial charge in [-0.1, -0.05) is 5.21 Å². The van der Waals surface area contributed by atoms with Crippen LogP contribution in [0.2, 0.25) is 0 Å². The summed E-state index contributed by atoms with van der Waals surface area (Å²) in [5.74, 6) is 0. The fourth-order valence-corrected chi connectivity index (χ4v) is 1.85. The van der Waals surface area contributed by atoms with Crippen LogP contribution in [-0.2, 0) is 6.42 Å². The first kappa shape index (κ1) is 9.61. The molecule has 2 rings (SSSR count). The maximum absolute atomic E-state index is 9.28. The summed E-state index contributed by atoms with van der Waals surface area (Å²) in [4.78, 5) is 0. The van der Waals surface area contributed by atoms with Gasteiger partial charge < -0.3 is 10.8 Å². The maximum atomic E-state index is 9.28. The Hall–Kier alpha value is -0.940. The summed E-state index contributed by atoms with van der Waals surface area (Å²) in [6.07, 6.45) is 3.92. The van der Waals surface area contributed by atoms with Gasteiger partial charge in [-0.2, -0.15) is 0 Å². The molecule has 0 aliphatic heterocycles. The van der Waals surface area contributed by atoms with Gasteiger partial charge in [-0.05, 0) is 19.8 Å². The molecule has 0 bridgehead atoms. The summed E-state index contributed by atoms with van der Waals surface area (Å²) < 4.78 is 1.90. The van der Waals surface area contributed by atoms with Crippen LogP contribution in [0.4, 0.5) is 0 Å². The van der Waals surface area contributed by atoms with Crippen molar-refractivity contribution < 1.29 is 5.11 Å². The Bertz CT molecular complexity index is 304. The Morgan fingerprint density at radius 1 is 1.71 bits per heavy atom. The SMILES string of the molecule is C[C@@H](O)Cc1cnnn1[C@H]1C[C@H](N)C1. The molecule has 1 heterocycles. The van der Waals surface area contributed by atoms with Crippen molar-refractivity contribution in [3.8, 4) is 0 Å². The second-order valence-electron chi connectivity index (χ2n) is 4.11. The first-order valence-electron chi connectivity index (χ1n) is 4.99. The number of nitrogens with zero attached hydrogens (tertiary/aromatic N) is 3. The van der Waals surface area contributed by atoms with Crippen LogP contribution in [0.25, 0.3) is 0 Å². The van der Waals surface area contributed by atoms with Crippen molar-refractivity contribution in [3.63, 3.8) is 0 Å². The smallest absolute Gasteiger partial charge is 0.0726 e. The highest BCUT2D eigenvalue weighted by Gasteiger charge is 2.29. The molecule has 1 atom stereocenters. The molecule has 0 saturated heterocycles. The monoisotopic (exact) mass is 196 g/mol. The molecule has 3 N–H and O–H groups in total. The second kappa shape index (κ2) is 3.67. The highest BCUT2D eigenvalue weighted by atomic mass is 16.3. The highest BCUT2D eigenvalue weighted by Crippen LogP contribution is 2.30. The second-order valence-corrected chi connectivity index (χ2v) is 4.11. The predicted molar refractivity (Wildman–Crippen MR) is 51.7 cm³/mol. The van der Waals surface area contributed by atoms with Gasteiger partial charge >= 0.3 is 0 Å². The van der Waals surface area contributed by atoms with Gasteiger partial charge in [0, 0.05) is 12.5 Å². The quantitative estimate of drug-likeness (QED) is 0.705. The number of nitrogens with two attached hydrogens (primary N) is 1. The van der Waals surface area contributed by atoms with Crippen molar-refractivity contribution in [1.82, 2.24) is 15.0 Å². The highest BCUT2D eigenvalue weighted by molar-refractivity contribution is 5.00. The zero-order valence-corrected chi connectivity index (χ0v) is 8.30. The van der Waals surface area contributed by atoms with E-state index in [2.05, 4.69) is 10.3 Å². The Morgan fingerprint density at radius 3 is 3.00 bits per heavy atom. The van der Waals surface area contributed by atoms with Gasteiger partial charge in [0.1, 0.15) is 0 Å². The predicted octanol–water partition coefficient (Wildman–Crippen LogP) is -0.136. The fourth-order valence-electron chi connectivity index (χ4n) is 1.85. The third-order valence-electron chi connectivity index (χ3n) is 2.65. The molecular formula is C9H16N4O. The molecule has 0 amide bonds. The van der Waals surface area contributed by atoms with E-state index in [0.717, 1.165) is 18.5 Å². The molecule has 1 saturated carbocycles. The summed E-state index contributed by atoms with van der Waals surface area (Å²) >= 11 is 0. The van der Waals surface area contributed by atoms with Crippen molar-refractivity contribution in [2.75, 3.05) is 0 Å². The van der Waals surface area contributed by atoms with Crippen LogP contribution < -0.4 is 5.73 Å². The van der Waals surface area contributed by atoms with Crippen LogP contribution in [0.5, 0.6) is 0 Å². The summed E-state index contributed by atoms with van der Waals surface area (Å²) in [5, 5.41) is 17.2. The maximum Gasteiger partial charge on any atom is 0.0726 e. The van der Waals surface area contributed by atoms with Gasteiger partial charge in [0.25, 0.3) is 0 Å². The molecule has 1 aliphatic carbocycles. The number of aliphatic hydroxyl groups is 1. The molecule has 1 aromatic heterocycles. The standard InChI is InChI=1S/C9H16N4O/c1-6(14)2-9-5-11-12-13(9)8-3-7(10)4-8/h5-8,14H,2-4,10H2,1H3/t6-,7-,8-/m1/s1. The molecule has 14 heavy (non-hydrogen) atoms. The molecule has 1 aromatic rings. The summed E-state index contributed by atoms with van der Waals surface area (Å²) in [6, 6.07) is 0.699. The zero-order valence-electron chi connectivity index (χ0n) is 8.30. The van der Waals surface area contributed by atoms with Crippen molar-refractivity contribution in [2.45, 2.75) is 44.4 Å². The van der Waals surface area contributed by atoms with E-state index in [1.165, 1.54) is 0 Å². The first-order valence-corrected chi connectivity index (χ1v) is 4.99. The molecule has 0 radical (unpaired) electrons. The molecule has 5 nitrogen and oxygen atoms in total. The summed E-state index contributed by atoms with van der Waals surface area (Å²) in [7, 11) is 0. The average molecular weight is 196 g/mol. The molecule has 5 heteroatoms. The van der Waals surface area contributed by atoms with Gasteiger partial charge in [-0.25, -0.2) is 4.68 Å². The van der Waals surface area contributed by atoms with Crippen LogP contribution in [0, 0.1) is 0 Å². The van der Waals surface area contributed by atoms with Crippen LogP contribution in [0.1, 0.15) is 31.5 Å². The normalized spacial score (nSPS) is 28.5. The minimum Gasteiger partial charge on any atom is -0.393 e. The third-order valence-corrected chi connectivity index (χ3v) is 2.65. The molecule has 78 valence electrons. The number of aromatic nitrogens is 3. The Labute approximate surface area is 82.9 Å². The first-order chi connectivity index (χ1) is 6.66. The lowest BCUT2D eigenvalue weighted by Crippen LogP contribution is -2.38. The van der Waals surface area contributed by atoms with Gasteiger partial charge in [-0.3, -0.25) is 0 Å². The Kier molecular flexibility index (Phi) is 2.52. The zero-order chi connectivity index (χ0) is 10.1. The van der Waals surface area contributed by atoms with E-state index in [1.54, 1.807) is 13.1 Å². The van der Waals surface area contributed by atoms with Crippen LogP contribution >= 0.6 is 0 Å². The van der Waals surface area contributed by atoms with E-state index >= 15 is 0 Å². The van der Waals surface area contributed by atoms with E-state index in [-0.39, 0.29) is 6.10 Å². The van der Waals surface area contributed by atoms with Gasteiger partial charge in [0.15, 0.2) is 0 Å². The Balaban J connectivity index is 2.06. The number of rotatable bonds is 3. The topological polar surface area (TPSA) is 77.0 Å². The van der Waals surface area contributed by atoms with Crippen LogP contribution in [-0.4, -0.2) is 32.2 Å². The minimum atomic E-state index is -0.346. The van der Waals surface area contributed by atoms with Crippen LogP contribution in [0.15, 0.2) is 6.20 Å². The van der Waals surface area contributed by atoms with E-state index < -0.39 is 0 Å². The van der Waals surface area contributed by atoms with Gasteiger partial charge in [-0.15, -0.1) is 5.10 Å². The van der Waals surface area contributed by atoms with E-state index in [9.17, 15) is 5.11 Å². The van der Waals surface area contributed by atoms with Crippen molar-refractivity contribution >= 4 is 0 Å². The number of hydrogen-bond acceptors (Lipinski definition) is 4. The number of hydrogen-bond donors (Lipinski definition) is 2. The molecule has 0 aromatic carbocycles.